The average Bonchev–Trinajstić information content (AvgIpc) is 2.52. The molecule has 5 heteroatoms. The van der Waals surface area contributed by atoms with Gasteiger partial charge in [0.1, 0.15) is 12.3 Å². The first kappa shape index (κ1) is 11.1. The molecule has 0 radical (unpaired) electrons. The second kappa shape index (κ2) is 4.04. The molecule has 0 aromatic carbocycles. The van der Waals surface area contributed by atoms with E-state index in [0.29, 0.717) is 12.5 Å². The number of aliphatic hydroxyl groups excluding tert-OH is 1. The third-order valence-electron chi connectivity index (χ3n) is 1.77. The van der Waals surface area contributed by atoms with Crippen molar-refractivity contribution in [2.75, 3.05) is 6.61 Å². The number of aromatic nitrogens is 2. The highest BCUT2D eigenvalue weighted by atomic mass is 19.3. The summed E-state index contributed by atoms with van der Waals surface area (Å²) in [5.74, 6) is -2.88. The Morgan fingerprint density at radius 2 is 2.21 bits per heavy atom. The molecule has 1 aromatic heterocycles. The molecule has 14 heavy (non-hydrogen) atoms. The molecule has 1 N–H and O–H groups in total. The van der Waals surface area contributed by atoms with Crippen molar-refractivity contribution < 1.29 is 13.9 Å². The third kappa shape index (κ3) is 2.51. The zero-order valence-electron chi connectivity index (χ0n) is 8.24. The molecule has 1 rings (SSSR count). The van der Waals surface area contributed by atoms with Crippen LogP contribution < -0.4 is 0 Å². The zero-order chi connectivity index (χ0) is 10.8. The number of aliphatic hydroxyl groups is 1. The number of alkyl halides is 2. The van der Waals surface area contributed by atoms with E-state index in [4.69, 9.17) is 5.11 Å². The summed E-state index contributed by atoms with van der Waals surface area (Å²) in [6, 6.07) is 1.23. The molecule has 0 fully saturated rings. The maximum atomic E-state index is 12.9. The summed E-state index contributed by atoms with van der Waals surface area (Å²) in [4.78, 5) is 0. The molecule has 0 aliphatic rings. The molecule has 0 amide bonds. The molecule has 0 spiro atoms. The Bertz CT molecular complexity index is 297. The molecule has 0 atom stereocenters. The van der Waals surface area contributed by atoms with Crippen LogP contribution in [0.15, 0.2) is 12.3 Å². The van der Waals surface area contributed by atoms with Crippen LogP contribution in [0.2, 0.25) is 0 Å². The Balaban J connectivity index is 2.77. The fourth-order valence-electron chi connectivity index (χ4n) is 1.11. The van der Waals surface area contributed by atoms with Crippen LogP contribution in [0.5, 0.6) is 0 Å². The lowest BCUT2D eigenvalue weighted by Gasteiger charge is -2.09. The summed E-state index contributed by atoms with van der Waals surface area (Å²) in [7, 11) is 0. The summed E-state index contributed by atoms with van der Waals surface area (Å²) in [6.07, 6.45) is 1.50. The normalized spacial score (nSPS) is 12.4. The van der Waals surface area contributed by atoms with Crippen molar-refractivity contribution in [2.45, 2.75) is 26.3 Å². The Kier molecular flexibility index (Phi) is 3.21. The zero-order valence-corrected chi connectivity index (χ0v) is 8.24. The minimum atomic E-state index is -3.23. The van der Waals surface area contributed by atoms with Crippen molar-refractivity contribution >= 4 is 0 Å². The Hall–Kier alpha value is -0.970. The van der Waals surface area contributed by atoms with E-state index in [1.54, 1.807) is 0 Å². The lowest BCUT2D eigenvalue weighted by molar-refractivity contribution is -0.0597. The van der Waals surface area contributed by atoms with E-state index in [9.17, 15) is 8.78 Å². The quantitative estimate of drug-likeness (QED) is 0.809. The van der Waals surface area contributed by atoms with E-state index in [0.717, 1.165) is 0 Å². The lowest BCUT2D eigenvalue weighted by Crippen LogP contribution is -2.19. The molecular formula is C9H14F2N2O. The van der Waals surface area contributed by atoms with Crippen LogP contribution in [0.3, 0.4) is 0 Å². The number of hydrogen-bond acceptors (Lipinski definition) is 2. The number of rotatable bonds is 4. The van der Waals surface area contributed by atoms with E-state index in [-0.39, 0.29) is 5.69 Å². The van der Waals surface area contributed by atoms with E-state index in [1.807, 2.05) is 13.8 Å². The number of hydrogen-bond donors (Lipinski definition) is 1. The highest BCUT2D eigenvalue weighted by Crippen LogP contribution is 2.25. The van der Waals surface area contributed by atoms with Gasteiger partial charge in [-0.1, -0.05) is 13.8 Å². The number of nitrogens with zero attached hydrogens (tertiary/aromatic N) is 2. The lowest BCUT2D eigenvalue weighted by atomic mass is 10.2. The van der Waals surface area contributed by atoms with Gasteiger partial charge in [-0.3, -0.25) is 4.68 Å². The summed E-state index contributed by atoms with van der Waals surface area (Å²) >= 11 is 0. The van der Waals surface area contributed by atoms with Crippen molar-refractivity contribution in [3.05, 3.63) is 18.0 Å². The Labute approximate surface area is 81.4 Å². The SMILES string of the molecule is CC(C)Cn1ccc(C(F)(F)CO)n1. The molecule has 0 bridgehead atoms. The highest BCUT2D eigenvalue weighted by molar-refractivity contribution is 5.06. The van der Waals surface area contributed by atoms with Gasteiger partial charge in [-0.2, -0.15) is 13.9 Å². The fraction of sp³-hybridized carbons (Fsp3) is 0.667. The molecule has 1 aromatic rings. The van der Waals surface area contributed by atoms with Crippen LogP contribution in [-0.2, 0) is 12.5 Å². The average molecular weight is 204 g/mol. The molecule has 0 unspecified atom stereocenters. The highest BCUT2D eigenvalue weighted by Gasteiger charge is 2.33. The van der Waals surface area contributed by atoms with Crippen LogP contribution in [0.4, 0.5) is 8.78 Å². The van der Waals surface area contributed by atoms with Crippen molar-refractivity contribution in [1.82, 2.24) is 9.78 Å². The van der Waals surface area contributed by atoms with Crippen LogP contribution in [0.25, 0.3) is 0 Å². The minimum absolute atomic E-state index is 0.352. The first-order valence-electron chi connectivity index (χ1n) is 4.48. The van der Waals surface area contributed by atoms with Gasteiger partial charge in [0.2, 0.25) is 0 Å². The van der Waals surface area contributed by atoms with Crippen LogP contribution in [0, 0.1) is 5.92 Å². The van der Waals surface area contributed by atoms with E-state index in [1.165, 1.54) is 16.9 Å². The van der Waals surface area contributed by atoms with Gasteiger partial charge in [0, 0.05) is 12.7 Å². The van der Waals surface area contributed by atoms with Gasteiger partial charge in [0.25, 0.3) is 0 Å². The summed E-state index contributed by atoms with van der Waals surface area (Å²) in [6.45, 7) is 3.35. The third-order valence-corrected chi connectivity index (χ3v) is 1.77. The maximum Gasteiger partial charge on any atom is 0.313 e. The molecule has 1 heterocycles. The monoisotopic (exact) mass is 204 g/mol. The predicted octanol–water partition coefficient (Wildman–Crippen LogP) is 1.62. The molecule has 0 aliphatic carbocycles. The van der Waals surface area contributed by atoms with Crippen molar-refractivity contribution in [3.63, 3.8) is 0 Å². The molecular weight excluding hydrogens is 190 g/mol. The van der Waals surface area contributed by atoms with Gasteiger partial charge in [-0.15, -0.1) is 0 Å². The van der Waals surface area contributed by atoms with E-state index < -0.39 is 12.5 Å². The smallest absolute Gasteiger partial charge is 0.313 e. The van der Waals surface area contributed by atoms with E-state index >= 15 is 0 Å². The van der Waals surface area contributed by atoms with Gasteiger partial charge in [0.15, 0.2) is 0 Å². The van der Waals surface area contributed by atoms with Crippen molar-refractivity contribution in [1.29, 1.82) is 0 Å². The minimum Gasteiger partial charge on any atom is -0.390 e. The standard InChI is InChI=1S/C9H14F2N2O/c1-7(2)5-13-4-3-8(12-13)9(10,11)6-14/h3-4,7,14H,5-6H2,1-2H3. The Morgan fingerprint density at radius 3 is 2.71 bits per heavy atom. The molecule has 80 valence electrons. The second-order valence-electron chi connectivity index (χ2n) is 3.68. The van der Waals surface area contributed by atoms with Crippen LogP contribution in [-0.4, -0.2) is 21.5 Å². The van der Waals surface area contributed by atoms with E-state index in [2.05, 4.69) is 5.10 Å². The largest absolute Gasteiger partial charge is 0.390 e. The fourth-order valence-corrected chi connectivity index (χ4v) is 1.11. The van der Waals surface area contributed by atoms with Crippen molar-refractivity contribution in [3.8, 4) is 0 Å². The Morgan fingerprint density at radius 1 is 1.57 bits per heavy atom. The molecule has 0 saturated heterocycles. The summed E-state index contributed by atoms with van der Waals surface area (Å²) < 4.78 is 27.3. The molecule has 0 saturated carbocycles. The van der Waals surface area contributed by atoms with Crippen molar-refractivity contribution in [2.24, 2.45) is 5.92 Å². The maximum absolute atomic E-state index is 12.9. The number of halogens is 2. The van der Waals surface area contributed by atoms with Gasteiger partial charge in [-0.05, 0) is 12.0 Å². The topological polar surface area (TPSA) is 38.0 Å². The van der Waals surface area contributed by atoms with Gasteiger partial charge in [0.05, 0.1) is 0 Å². The second-order valence-corrected chi connectivity index (χ2v) is 3.68. The summed E-state index contributed by atoms with van der Waals surface area (Å²) in [5.41, 5.74) is -0.374. The van der Waals surface area contributed by atoms with Gasteiger partial charge < -0.3 is 5.11 Å². The van der Waals surface area contributed by atoms with Crippen LogP contribution in [0.1, 0.15) is 19.5 Å². The first-order valence-corrected chi connectivity index (χ1v) is 4.48. The molecule has 0 aliphatic heterocycles. The summed E-state index contributed by atoms with van der Waals surface area (Å²) in [5, 5.41) is 12.1. The predicted molar refractivity (Wildman–Crippen MR) is 48.0 cm³/mol. The van der Waals surface area contributed by atoms with Gasteiger partial charge >= 0.3 is 5.92 Å². The van der Waals surface area contributed by atoms with Crippen LogP contribution >= 0.6 is 0 Å². The first-order chi connectivity index (χ1) is 6.45. The molecule has 3 nitrogen and oxygen atoms in total. The van der Waals surface area contributed by atoms with Gasteiger partial charge in [-0.25, -0.2) is 0 Å².